The largest absolute Gasteiger partial charge is 0.493 e. The lowest BCUT2D eigenvalue weighted by molar-refractivity contribution is 0.0561. The van der Waals surface area contributed by atoms with E-state index >= 15 is 0 Å². The van der Waals surface area contributed by atoms with Gasteiger partial charge in [0.1, 0.15) is 24.0 Å². The van der Waals surface area contributed by atoms with Gasteiger partial charge in [0.2, 0.25) is 17.5 Å². The molecule has 0 radical (unpaired) electrons. The summed E-state index contributed by atoms with van der Waals surface area (Å²) < 4.78 is 26.9. The maximum Gasteiger partial charge on any atom is 0.373 e. The van der Waals surface area contributed by atoms with Crippen LogP contribution in [-0.4, -0.2) is 30.4 Å². The second-order valence-electron chi connectivity index (χ2n) is 6.95. The smallest absolute Gasteiger partial charge is 0.373 e. The third-order valence-corrected chi connectivity index (χ3v) is 5.07. The minimum absolute atomic E-state index is 0.00928. The topological polar surface area (TPSA) is 146 Å². The van der Waals surface area contributed by atoms with E-state index in [1.54, 1.807) is 18.2 Å². The standard InChI is InChI=1S/C22H20N4O6/c1-11-18-19(14(9-23)20(24)32-21(18)26-25-11)12-4-6-15(17(8-12)28-2)30-10-13-5-7-16(31-13)22(27)29-3/h4-8,19H,10,24H2,1-3H3,(H,25,26)/t19-/m1/s1. The van der Waals surface area contributed by atoms with Crippen molar-refractivity contribution in [1.82, 2.24) is 10.2 Å². The van der Waals surface area contributed by atoms with E-state index < -0.39 is 11.9 Å². The van der Waals surface area contributed by atoms with E-state index in [1.165, 1.54) is 20.3 Å². The first-order valence-electron chi connectivity index (χ1n) is 9.57. The van der Waals surface area contributed by atoms with Gasteiger partial charge < -0.3 is 29.1 Å². The summed E-state index contributed by atoms with van der Waals surface area (Å²) in [7, 11) is 2.79. The van der Waals surface area contributed by atoms with Gasteiger partial charge in [0, 0.05) is 11.3 Å². The van der Waals surface area contributed by atoms with Crippen molar-refractivity contribution < 1.29 is 28.2 Å². The Balaban J connectivity index is 1.63. The Morgan fingerprint density at radius 2 is 2.09 bits per heavy atom. The van der Waals surface area contributed by atoms with E-state index in [9.17, 15) is 10.1 Å². The van der Waals surface area contributed by atoms with Crippen LogP contribution in [0.5, 0.6) is 17.4 Å². The molecule has 1 aliphatic heterocycles. The fourth-order valence-electron chi connectivity index (χ4n) is 3.53. The zero-order chi connectivity index (χ0) is 22.8. The summed E-state index contributed by atoms with van der Waals surface area (Å²) in [5.74, 6) is 0.751. The molecule has 0 bridgehead atoms. The molecule has 0 saturated heterocycles. The van der Waals surface area contributed by atoms with Crippen molar-refractivity contribution in [1.29, 1.82) is 5.26 Å². The second kappa shape index (κ2) is 8.39. The lowest BCUT2D eigenvalue weighted by Gasteiger charge is -2.24. The highest BCUT2D eigenvalue weighted by atomic mass is 16.5. The van der Waals surface area contributed by atoms with Crippen molar-refractivity contribution in [3.8, 4) is 23.4 Å². The van der Waals surface area contributed by atoms with Crippen molar-refractivity contribution in [2.24, 2.45) is 5.73 Å². The summed E-state index contributed by atoms with van der Waals surface area (Å²) in [6, 6.07) is 10.6. The number of hydrogen-bond donors (Lipinski definition) is 2. The highest BCUT2D eigenvalue weighted by Gasteiger charge is 2.34. The number of H-pyrrole nitrogens is 1. The molecule has 3 N–H and O–H groups in total. The number of nitrogens with one attached hydrogen (secondary N) is 1. The summed E-state index contributed by atoms with van der Waals surface area (Å²) in [6.45, 7) is 1.92. The van der Waals surface area contributed by atoms with Gasteiger partial charge in [-0.05, 0) is 36.8 Å². The number of nitriles is 1. The first-order valence-corrected chi connectivity index (χ1v) is 9.57. The number of furan rings is 1. The van der Waals surface area contributed by atoms with Gasteiger partial charge in [0.25, 0.3) is 0 Å². The maximum absolute atomic E-state index is 11.5. The van der Waals surface area contributed by atoms with Crippen LogP contribution in [0.25, 0.3) is 0 Å². The Bertz CT molecular complexity index is 1250. The highest BCUT2D eigenvalue weighted by Crippen LogP contribution is 2.44. The van der Waals surface area contributed by atoms with Crippen LogP contribution < -0.4 is 19.9 Å². The summed E-state index contributed by atoms with van der Waals surface area (Å²) in [4.78, 5) is 11.5. The number of ether oxygens (including phenoxy) is 4. The molecule has 1 aliphatic rings. The number of nitrogens with zero attached hydrogens (tertiary/aromatic N) is 2. The Hall–Kier alpha value is -4.39. The van der Waals surface area contributed by atoms with Crippen molar-refractivity contribution in [2.45, 2.75) is 19.4 Å². The minimum Gasteiger partial charge on any atom is -0.493 e. The SMILES string of the molecule is COC(=O)c1ccc(COc2ccc([C@@H]3C(C#N)=C(N)Oc4n[nH]c(C)c43)cc2OC)o1. The first-order chi connectivity index (χ1) is 15.5. The molecule has 0 unspecified atom stereocenters. The third kappa shape index (κ3) is 3.60. The van der Waals surface area contributed by atoms with Crippen LogP contribution in [0.3, 0.4) is 0 Å². The Kier molecular flexibility index (Phi) is 5.47. The fourth-order valence-corrected chi connectivity index (χ4v) is 3.53. The molecule has 10 heteroatoms. The number of esters is 1. The van der Waals surface area contributed by atoms with Gasteiger partial charge in [0.05, 0.1) is 20.1 Å². The number of hydrogen-bond acceptors (Lipinski definition) is 9. The minimum atomic E-state index is -0.566. The van der Waals surface area contributed by atoms with Crippen molar-refractivity contribution in [3.05, 3.63) is 70.1 Å². The number of carbonyl (C=O) groups excluding carboxylic acids is 1. The molecule has 1 atom stereocenters. The molecule has 1 aromatic carbocycles. The third-order valence-electron chi connectivity index (χ3n) is 5.07. The molecule has 10 nitrogen and oxygen atoms in total. The van der Waals surface area contributed by atoms with Gasteiger partial charge in [-0.15, -0.1) is 5.10 Å². The van der Waals surface area contributed by atoms with Crippen LogP contribution in [0.2, 0.25) is 0 Å². The monoisotopic (exact) mass is 436 g/mol. The molecular formula is C22H20N4O6. The number of aromatic amines is 1. The van der Waals surface area contributed by atoms with Crippen molar-refractivity contribution in [3.63, 3.8) is 0 Å². The molecule has 32 heavy (non-hydrogen) atoms. The van der Waals surface area contributed by atoms with Crippen molar-refractivity contribution in [2.75, 3.05) is 14.2 Å². The Labute approximate surface area is 183 Å². The van der Waals surface area contributed by atoms with Crippen molar-refractivity contribution >= 4 is 5.97 Å². The quantitative estimate of drug-likeness (QED) is 0.557. The van der Waals surface area contributed by atoms with Crippen LogP contribution in [-0.2, 0) is 11.3 Å². The average molecular weight is 436 g/mol. The zero-order valence-electron chi connectivity index (χ0n) is 17.6. The fraction of sp³-hybridized carbons (Fsp3) is 0.227. The Morgan fingerprint density at radius 1 is 1.28 bits per heavy atom. The van der Waals surface area contributed by atoms with Crippen LogP contribution in [0, 0.1) is 18.3 Å². The molecule has 0 spiro atoms. The summed E-state index contributed by atoms with van der Waals surface area (Å²) >= 11 is 0. The second-order valence-corrected chi connectivity index (χ2v) is 6.95. The summed E-state index contributed by atoms with van der Waals surface area (Å²) in [6.07, 6.45) is 0. The average Bonchev–Trinajstić information content (AvgIpc) is 3.43. The molecule has 4 rings (SSSR count). The van der Waals surface area contributed by atoms with E-state index in [0.717, 1.165) is 16.8 Å². The summed E-state index contributed by atoms with van der Waals surface area (Å²) in [5.41, 5.74) is 8.51. The van der Waals surface area contributed by atoms with E-state index in [1.807, 2.05) is 13.0 Å². The van der Waals surface area contributed by atoms with Crippen LogP contribution >= 0.6 is 0 Å². The van der Waals surface area contributed by atoms with Gasteiger partial charge in [-0.2, -0.15) is 5.26 Å². The van der Waals surface area contributed by atoms with E-state index in [4.69, 9.17) is 24.4 Å². The van der Waals surface area contributed by atoms with Crippen LogP contribution in [0.4, 0.5) is 0 Å². The predicted octanol–water partition coefficient (Wildman–Crippen LogP) is 2.90. The number of aryl methyl sites for hydroxylation is 1. The molecule has 3 heterocycles. The van der Waals surface area contributed by atoms with E-state index in [-0.39, 0.29) is 23.8 Å². The Morgan fingerprint density at radius 3 is 2.81 bits per heavy atom. The van der Waals surface area contributed by atoms with Gasteiger partial charge >= 0.3 is 5.97 Å². The zero-order valence-corrected chi connectivity index (χ0v) is 17.6. The maximum atomic E-state index is 11.5. The van der Waals surface area contributed by atoms with Crippen LogP contribution in [0.1, 0.15) is 39.1 Å². The number of fused-ring (bicyclic) bond motifs is 1. The normalized spacial score (nSPS) is 14.9. The van der Waals surface area contributed by atoms with E-state index in [0.29, 0.717) is 23.1 Å². The number of rotatable bonds is 6. The van der Waals surface area contributed by atoms with Gasteiger partial charge in [0.15, 0.2) is 11.5 Å². The number of nitrogens with two attached hydrogens (primary N) is 1. The molecule has 164 valence electrons. The van der Waals surface area contributed by atoms with Crippen LogP contribution in [0.15, 0.2) is 46.2 Å². The van der Waals surface area contributed by atoms with Gasteiger partial charge in [-0.25, -0.2) is 4.79 Å². The first kappa shape index (κ1) is 20.9. The molecule has 0 saturated carbocycles. The molecule has 0 aliphatic carbocycles. The number of methoxy groups -OCH3 is 2. The lowest BCUT2D eigenvalue weighted by atomic mass is 9.84. The number of carbonyl (C=O) groups is 1. The number of allylic oxidation sites excluding steroid dienone is 1. The molecule has 3 aromatic rings. The molecule has 2 aromatic heterocycles. The number of aromatic nitrogens is 2. The number of benzene rings is 1. The lowest BCUT2D eigenvalue weighted by Crippen LogP contribution is -2.21. The van der Waals surface area contributed by atoms with Gasteiger partial charge in [-0.1, -0.05) is 6.07 Å². The molecular weight excluding hydrogens is 416 g/mol. The molecule has 0 fully saturated rings. The summed E-state index contributed by atoms with van der Waals surface area (Å²) in [5, 5.41) is 16.7. The van der Waals surface area contributed by atoms with Gasteiger partial charge in [-0.3, -0.25) is 5.10 Å². The molecule has 0 amide bonds. The van der Waals surface area contributed by atoms with E-state index in [2.05, 4.69) is 21.0 Å². The predicted molar refractivity (Wildman–Crippen MR) is 110 cm³/mol. The highest BCUT2D eigenvalue weighted by molar-refractivity contribution is 5.86.